The lowest BCUT2D eigenvalue weighted by Crippen LogP contribution is -2.13. The van der Waals surface area contributed by atoms with E-state index in [0.29, 0.717) is 15.7 Å². The summed E-state index contributed by atoms with van der Waals surface area (Å²) in [4.78, 5) is 23.3. The number of primary amides is 1. The number of nitrogens with two attached hydrogens (primary N) is 2. The Morgan fingerprint density at radius 1 is 1.24 bits per heavy atom. The van der Waals surface area contributed by atoms with Gasteiger partial charge in [0.1, 0.15) is 10.1 Å². The standard InChI is InChI=1S/C10H9N5OS/c11-6-3-7(9(12)16)10(15-4-6)17-8-5-13-1-2-14-8/h1-5H,11H2,(H2,12,16). The smallest absolute Gasteiger partial charge is 0.251 e. The molecule has 0 saturated carbocycles. The van der Waals surface area contributed by atoms with Gasteiger partial charge in [-0.1, -0.05) is 0 Å². The molecule has 6 nitrogen and oxygen atoms in total. The number of nitrogen functional groups attached to an aromatic ring is 1. The number of hydrogen-bond acceptors (Lipinski definition) is 6. The predicted octanol–water partition coefficient (Wildman–Crippen LogP) is 0.704. The summed E-state index contributed by atoms with van der Waals surface area (Å²) < 4.78 is 0. The van der Waals surface area contributed by atoms with E-state index in [-0.39, 0.29) is 5.56 Å². The zero-order valence-electron chi connectivity index (χ0n) is 8.70. The zero-order valence-corrected chi connectivity index (χ0v) is 9.52. The van der Waals surface area contributed by atoms with Gasteiger partial charge in [-0.25, -0.2) is 9.97 Å². The number of aromatic nitrogens is 3. The highest BCUT2D eigenvalue weighted by molar-refractivity contribution is 7.99. The molecule has 4 N–H and O–H groups in total. The molecule has 2 heterocycles. The van der Waals surface area contributed by atoms with Crippen LogP contribution in [0.2, 0.25) is 0 Å². The second-order valence-corrected chi connectivity index (χ2v) is 4.14. The number of hydrogen-bond donors (Lipinski definition) is 2. The Morgan fingerprint density at radius 2 is 2.06 bits per heavy atom. The molecule has 7 heteroatoms. The highest BCUT2D eigenvalue weighted by Crippen LogP contribution is 2.27. The van der Waals surface area contributed by atoms with E-state index < -0.39 is 5.91 Å². The Morgan fingerprint density at radius 3 is 2.71 bits per heavy atom. The molecular formula is C10H9N5OS. The molecule has 0 saturated heterocycles. The van der Waals surface area contributed by atoms with Crippen molar-refractivity contribution in [2.24, 2.45) is 5.73 Å². The molecule has 0 aliphatic heterocycles. The molecule has 0 fully saturated rings. The number of nitrogens with zero attached hydrogens (tertiary/aromatic N) is 3. The Hall–Kier alpha value is -2.15. The minimum atomic E-state index is -0.573. The molecule has 1 amide bonds. The third kappa shape index (κ3) is 2.70. The first-order valence-electron chi connectivity index (χ1n) is 4.66. The van der Waals surface area contributed by atoms with Crippen LogP contribution in [0, 0.1) is 0 Å². The number of pyridine rings is 1. The predicted molar refractivity (Wildman–Crippen MR) is 63.3 cm³/mol. The van der Waals surface area contributed by atoms with E-state index in [1.807, 2.05) is 0 Å². The summed E-state index contributed by atoms with van der Waals surface area (Å²) in [6.07, 6.45) is 6.16. The first-order chi connectivity index (χ1) is 8.16. The van der Waals surface area contributed by atoms with Crippen molar-refractivity contribution in [3.8, 4) is 0 Å². The molecule has 0 radical (unpaired) electrons. The number of amides is 1. The molecule has 2 rings (SSSR count). The van der Waals surface area contributed by atoms with Gasteiger partial charge in [0, 0.05) is 12.4 Å². The van der Waals surface area contributed by atoms with Gasteiger partial charge in [0.15, 0.2) is 0 Å². The summed E-state index contributed by atoms with van der Waals surface area (Å²) in [5, 5.41) is 1.10. The summed E-state index contributed by atoms with van der Waals surface area (Å²) in [7, 11) is 0. The zero-order chi connectivity index (χ0) is 12.3. The van der Waals surface area contributed by atoms with Crippen LogP contribution < -0.4 is 11.5 Å². The molecule has 0 spiro atoms. The maximum atomic E-state index is 11.2. The third-order valence-corrected chi connectivity index (χ3v) is 2.82. The Bertz CT molecular complexity index is 546. The molecule has 0 bridgehead atoms. The molecule has 0 aliphatic carbocycles. The van der Waals surface area contributed by atoms with E-state index in [4.69, 9.17) is 11.5 Å². The molecule has 0 unspecified atom stereocenters. The fraction of sp³-hybridized carbons (Fsp3) is 0. The Labute approximate surface area is 101 Å². The van der Waals surface area contributed by atoms with Gasteiger partial charge in [0.2, 0.25) is 0 Å². The van der Waals surface area contributed by atoms with Gasteiger partial charge in [0.25, 0.3) is 5.91 Å². The van der Waals surface area contributed by atoms with Gasteiger partial charge in [-0.05, 0) is 17.8 Å². The van der Waals surface area contributed by atoms with Crippen LogP contribution in [0.25, 0.3) is 0 Å². The van der Waals surface area contributed by atoms with Crippen LogP contribution in [0.15, 0.2) is 40.9 Å². The quantitative estimate of drug-likeness (QED) is 0.826. The summed E-state index contributed by atoms with van der Waals surface area (Å²) in [6.45, 7) is 0. The first-order valence-corrected chi connectivity index (χ1v) is 5.47. The number of carbonyl (C=O) groups is 1. The van der Waals surface area contributed by atoms with Crippen LogP contribution in [-0.2, 0) is 0 Å². The van der Waals surface area contributed by atoms with Crippen molar-refractivity contribution in [3.05, 3.63) is 36.4 Å². The van der Waals surface area contributed by atoms with Crippen molar-refractivity contribution in [1.29, 1.82) is 0 Å². The van der Waals surface area contributed by atoms with E-state index in [9.17, 15) is 4.79 Å². The lowest BCUT2D eigenvalue weighted by molar-refractivity contribution is 0.0997. The maximum Gasteiger partial charge on any atom is 0.251 e. The lowest BCUT2D eigenvalue weighted by Gasteiger charge is -2.05. The number of anilines is 1. The Kier molecular flexibility index (Phi) is 3.20. The summed E-state index contributed by atoms with van der Waals surface area (Å²) >= 11 is 1.21. The van der Waals surface area contributed by atoms with Crippen molar-refractivity contribution >= 4 is 23.4 Å². The molecule has 2 aromatic rings. The first kappa shape index (κ1) is 11.3. The average molecular weight is 247 g/mol. The third-order valence-electron chi connectivity index (χ3n) is 1.88. The molecule has 2 aromatic heterocycles. The van der Waals surface area contributed by atoms with Crippen LogP contribution in [0.4, 0.5) is 5.69 Å². The van der Waals surface area contributed by atoms with Crippen molar-refractivity contribution < 1.29 is 4.79 Å². The van der Waals surface area contributed by atoms with Gasteiger partial charge in [-0.2, -0.15) is 0 Å². The minimum absolute atomic E-state index is 0.278. The van der Waals surface area contributed by atoms with E-state index in [0.717, 1.165) is 0 Å². The molecule has 0 aliphatic rings. The van der Waals surface area contributed by atoms with Crippen LogP contribution in [0.1, 0.15) is 10.4 Å². The summed E-state index contributed by atoms with van der Waals surface area (Å²) in [6, 6.07) is 1.49. The lowest BCUT2D eigenvalue weighted by atomic mass is 10.2. The van der Waals surface area contributed by atoms with Gasteiger partial charge >= 0.3 is 0 Å². The highest BCUT2D eigenvalue weighted by atomic mass is 32.2. The molecule has 86 valence electrons. The number of rotatable bonds is 3. The summed E-state index contributed by atoms with van der Waals surface area (Å²) in [5.74, 6) is -0.573. The molecule has 17 heavy (non-hydrogen) atoms. The minimum Gasteiger partial charge on any atom is -0.397 e. The van der Waals surface area contributed by atoms with Gasteiger partial charge < -0.3 is 11.5 Å². The molecule has 0 aromatic carbocycles. The van der Waals surface area contributed by atoms with Crippen molar-refractivity contribution in [2.45, 2.75) is 10.1 Å². The topological polar surface area (TPSA) is 108 Å². The summed E-state index contributed by atoms with van der Waals surface area (Å²) in [5.41, 5.74) is 11.5. The van der Waals surface area contributed by atoms with Gasteiger partial charge in [0.05, 0.1) is 23.6 Å². The van der Waals surface area contributed by atoms with E-state index in [1.165, 1.54) is 24.0 Å². The van der Waals surface area contributed by atoms with Crippen molar-refractivity contribution in [3.63, 3.8) is 0 Å². The van der Waals surface area contributed by atoms with E-state index in [1.54, 1.807) is 18.6 Å². The van der Waals surface area contributed by atoms with Gasteiger partial charge in [-0.3, -0.25) is 9.78 Å². The molecular weight excluding hydrogens is 238 g/mol. The SMILES string of the molecule is NC(=O)c1cc(N)cnc1Sc1cnccn1. The average Bonchev–Trinajstić information content (AvgIpc) is 2.32. The Balaban J connectivity index is 2.36. The van der Waals surface area contributed by atoms with Crippen LogP contribution >= 0.6 is 11.8 Å². The number of carbonyl (C=O) groups excluding carboxylic acids is 1. The highest BCUT2D eigenvalue weighted by Gasteiger charge is 2.12. The normalized spacial score (nSPS) is 10.1. The van der Waals surface area contributed by atoms with Crippen molar-refractivity contribution in [1.82, 2.24) is 15.0 Å². The second-order valence-electron chi connectivity index (χ2n) is 3.13. The monoisotopic (exact) mass is 247 g/mol. The van der Waals surface area contributed by atoms with Crippen LogP contribution in [0.5, 0.6) is 0 Å². The fourth-order valence-corrected chi connectivity index (χ4v) is 1.96. The second kappa shape index (κ2) is 4.79. The fourth-order valence-electron chi connectivity index (χ4n) is 1.16. The molecule has 0 atom stereocenters. The van der Waals surface area contributed by atoms with Crippen LogP contribution in [-0.4, -0.2) is 20.9 Å². The van der Waals surface area contributed by atoms with Gasteiger partial charge in [-0.15, -0.1) is 0 Å². The van der Waals surface area contributed by atoms with E-state index >= 15 is 0 Å². The maximum absolute atomic E-state index is 11.2. The van der Waals surface area contributed by atoms with Crippen LogP contribution in [0.3, 0.4) is 0 Å². The largest absolute Gasteiger partial charge is 0.397 e. The van der Waals surface area contributed by atoms with Crippen molar-refractivity contribution in [2.75, 3.05) is 5.73 Å². The van der Waals surface area contributed by atoms with E-state index in [2.05, 4.69) is 15.0 Å².